The molecule has 0 spiro atoms. The summed E-state index contributed by atoms with van der Waals surface area (Å²) in [6.45, 7) is 0. The maximum Gasteiger partial charge on any atom is 0.272 e. The number of thioether (sulfide) groups is 1. The number of thiazole rings is 1. The van der Waals surface area contributed by atoms with Crippen LogP contribution in [0.4, 0.5) is 15.2 Å². The normalized spacial score (nSPS) is 11.8. The molecule has 0 radical (unpaired) electrons. The lowest BCUT2D eigenvalue weighted by atomic mass is 10.1. The molecule has 5 aromatic carbocycles. The minimum absolute atomic E-state index is 0.0575. The first-order valence-electron chi connectivity index (χ1n) is 15.4. The summed E-state index contributed by atoms with van der Waals surface area (Å²) in [5.74, 6) is -2.24. The SMILES string of the molecule is O=C(Nc1cccc(SC(C(=O)Nc2nc(-c3ccccc3Cl)cs2)c2ccccc2)c1)/C(=C\c1c(F)cccc1Cl)NC(=O)c1ccccc1. The summed E-state index contributed by atoms with van der Waals surface area (Å²) in [5.41, 5.74) is 2.57. The van der Waals surface area contributed by atoms with Gasteiger partial charge in [0.15, 0.2) is 5.13 Å². The maximum absolute atomic E-state index is 14.8. The quantitative estimate of drug-likeness (QED) is 0.0904. The minimum Gasteiger partial charge on any atom is -0.321 e. The van der Waals surface area contributed by atoms with Gasteiger partial charge in [0.1, 0.15) is 16.8 Å². The smallest absolute Gasteiger partial charge is 0.272 e. The summed E-state index contributed by atoms with van der Waals surface area (Å²) in [5, 5.41) is 10.5. The number of nitrogens with zero attached hydrogens (tertiary/aromatic N) is 1. The first-order chi connectivity index (χ1) is 24.7. The third-order valence-corrected chi connectivity index (χ3v) is 10.1. The van der Waals surface area contributed by atoms with Gasteiger partial charge in [-0.2, -0.15) is 0 Å². The van der Waals surface area contributed by atoms with E-state index >= 15 is 0 Å². The van der Waals surface area contributed by atoms with Crippen LogP contribution in [-0.4, -0.2) is 22.7 Å². The van der Waals surface area contributed by atoms with Crippen molar-refractivity contribution in [2.24, 2.45) is 0 Å². The molecule has 3 N–H and O–H groups in total. The summed E-state index contributed by atoms with van der Waals surface area (Å²) < 4.78 is 14.8. The van der Waals surface area contributed by atoms with Crippen LogP contribution >= 0.6 is 46.3 Å². The van der Waals surface area contributed by atoms with Gasteiger partial charge in [0.05, 0.1) is 10.7 Å². The Morgan fingerprint density at radius 3 is 2.22 bits per heavy atom. The third kappa shape index (κ3) is 9.11. The van der Waals surface area contributed by atoms with Crippen LogP contribution in [0.5, 0.6) is 0 Å². The fourth-order valence-electron chi connectivity index (χ4n) is 4.91. The van der Waals surface area contributed by atoms with Crippen LogP contribution in [0.3, 0.4) is 0 Å². The molecule has 0 saturated carbocycles. The fraction of sp³-hybridized carbons (Fsp3) is 0.0256. The Labute approximate surface area is 311 Å². The van der Waals surface area contributed by atoms with Crippen LogP contribution in [0.25, 0.3) is 17.3 Å². The predicted molar refractivity (Wildman–Crippen MR) is 205 cm³/mol. The van der Waals surface area contributed by atoms with Crippen LogP contribution in [0.15, 0.2) is 143 Å². The molecule has 0 fully saturated rings. The number of carbonyl (C=O) groups excluding carboxylic acids is 3. The number of anilines is 2. The van der Waals surface area contributed by atoms with Gasteiger partial charge in [0, 0.05) is 37.7 Å². The predicted octanol–water partition coefficient (Wildman–Crippen LogP) is 10.1. The van der Waals surface area contributed by atoms with E-state index in [-0.39, 0.29) is 22.2 Å². The zero-order valence-corrected chi connectivity index (χ0v) is 29.6. The van der Waals surface area contributed by atoms with Gasteiger partial charge in [-0.1, -0.05) is 102 Å². The van der Waals surface area contributed by atoms with Gasteiger partial charge >= 0.3 is 0 Å². The molecule has 1 heterocycles. The zero-order chi connectivity index (χ0) is 35.7. The number of nitrogens with one attached hydrogen (secondary N) is 3. The highest BCUT2D eigenvalue weighted by atomic mass is 35.5. The highest BCUT2D eigenvalue weighted by molar-refractivity contribution is 8.00. The lowest BCUT2D eigenvalue weighted by Crippen LogP contribution is -2.30. The molecule has 0 aliphatic carbocycles. The van der Waals surface area contributed by atoms with E-state index in [1.807, 2.05) is 60.0 Å². The Kier molecular flexibility index (Phi) is 11.6. The highest BCUT2D eigenvalue weighted by Gasteiger charge is 2.24. The topological polar surface area (TPSA) is 100 Å². The third-order valence-electron chi connectivity index (χ3n) is 7.39. The molecular formula is C39H27Cl2FN4O3S2. The second-order valence-corrected chi connectivity index (χ2v) is 13.8. The number of hydrogen-bond acceptors (Lipinski definition) is 6. The molecule has 7 nitrogen and oxygen atoms in total. The Balaban J connectivity index is 1.23. The Hall–Kier alpha value is -5.26. The molecule has 254 valence electrons. The van der Waals surface area contributed by atoms with Crippen molar-refractivity contribution >= 4 is 80.9 Å². The summed E-state index contributed by atoms with van der Waals surface area (Å²) in [6, 6.07) is 36.0. The van der Waals surface area contributed by atoms with Crippen LogP contribution in [0.1, 0.15) is 26.7 Å². The number of rotatable bonds is 11. The van der Waals surface area contributed by atoms with E-state index in [4.69, 9.17) is 23.2 Å². The standard InChI is InChI=1S/C39H27Cl2FN4O3S2/c40-30-18-8-7-17-28(30)34-23-50-39(45-34)46-38(49)35(24-11-3-1-4-12-24)51-27-16-9-15-26(21-27)43-37(48)33(22-29-31(41)19-10-20-32(29)42)44-36(47)25-13-5-2-6-14-25/h1-23,35H,(H,43,48)(H,44,47)(H,45,46,49)/b33-22+. The van der Waals surface area contributed by atoms with E-state index in [9.17, 15) is 18.8 Å². The van der Waals surface area contributed by atoms with Crippen molar-refractivity contribution in [3.63, 3.8) is 0 Å². The maximum atomic E-state index is 14.8. The molecule has 1 aromatic heterocycles. The molecule has 0 aliphatic heterocycles. The number of amides is 3. The van der Waals surface area contributed by atoms with E-state index in [1.54, 1.807) is 54.6 Å². The minimum atomic E-state index is -0.712. The van der Waals surface area contributed by atoms with Crippen molar-refractivity contribution in [2.75, 3.05) is 10.6 Å². The van der Waals surface area contributed by atoms with Crippen molar-refractivity contribution < 1.29 is 18.8 Å². The molecular weight excluding hydrogens is 726 g/mol. The summed E-state index contributed by atoms with van der Waals surface area (Å²) in [4.78, 5) is 45.7. The molecule has 0 bridgehead atoms. The average Bonchev–Trinajstić information content (AvgIpc) is 3.60. The van der Waals surface area contributed by atoms with E-state index < -0.39 is 22.9 Å². The van der Waals surface area contributed by atoms with Crippen LogP contribution in [0.2, 0.25) is 10.0 Å². The first kappa shape index (κ1) is 35.6. The van der Waals surface area contributed by atoms with Gasteiger partial charge in [0.25, 0.3) is 11.8 Å². The molecule has 6 aromatic rings. The van der Waals surface area contributed by atoms with Crippen molar-refractivity contribution in [3.05, 3.63) is 171 Å². The van der Waals surface area contributed by atoms with Gasteiger partial charge in [-0.15, -0.1) is 23.1 Å². The van der Waals surface area contributed by atoms with Crippen molar-refractivity contribution in [2.45, 2.75) is 10.1 Å². The van der Waals surface area contributed by atoms with Gasteiger partial charge in [-0.3, -0.25) is 14.4 Å². The zero-order valence-electron chi connectivity index (χ0n) is 26.5. The van der Waals surface area contributed by atoms with Crippen LogP contribution < -0.4 is 16.0 Å². The lowest BCUT2D eigenvalue weighted by Gasteiger charge is -2.17. The number of halogens is 3. The monoisotopic (exact) mass is 752 g/mol. The largest absolute Gasteiger partial charge is 0.321 e. The van der Waals surface area contributed by atoms with Gasteiger partial charge in [-0.05, 0) is 60.2 Å². The van der Waals surface area contributed by atoms with E-state index in [0.717, 1.165) is 11.1 Å². The fourth-order valence-corrected chi connectivity index (χ4v) is 7.16. The number of benzene rings is 5. The highest BCUT2D eigenvalue weighted by Crippen LogP contribution is 2.38. The summed E-state index contributed by atoms with van der Waals surface area (Å²) in [6.07, 6.45) is 1.19. The molecule has 1 unspecified atom stereocenters. The number of carbonyl (C=O) groups is 3. The number of hydrogen-bond donors (Lipinski definition) is 3. The van der Waals surface area contributed by atoms with Crippen LogP contribution in [-0.2, 0) is 9.59 Å². The van der Waals surface area contributed by atoms with Gasteiger partial charge < -0.3 is 16.0 Å². The molecule has 0 aliphatic rings. The average molecular weight is 754 g/mol. The van der Waals surface area contributed by atoms with Crippen molar-refractivity contribution in [3.8, 4) is 11.3 Å². The van der Waals surface area contributed by atoms with E-state index in [1.165, 1.54) is 47.4 Å². The molecule has 12 heteroatoms. The van der Waals surface area contributed by atoms with Gasteiger partial charge in [-0.25, -0.2) is 9.37 Å². The Morgan fingerprint density at radius 1 is 0.784 bits per heavy atom. The lowest BCUT2D eigenvalue weighted by molar-refractivity contribution is -0.116. The molecule has 1 atom stereocenters. The second kappa shape index (κ2) is 16.6. The van der Waals surface area contributed by atoms with Crippen LogP contribution in [0, 0.1) is 5.82 Å². The van der Waals surface area contributed by atoms with E-state index in [2.05, 4.69) is 20.9 Å². The molecule has 0 saturated heterocycles. The first-order valence-corrected chi connectivity index (χ1v) is 17.9. The molecule has 51 heavy (non-hydrogen) atoms. The summed E-state index contributed by atoms with van der Waals surface area (Å²) >= 11 is 15.2. The molecule has 6 rings (SSSR count). The summed E-state index contributed by atoms with van der Waals surface area (Å²) in [7, 11) is 0. The second-order valence-electron chi connectivity index (χ2n) is 10.9. The molecule has 3 amide bonds. The Bertz CT molecular complexity index is 2210. The van der Waals surface area contributed by atoms with Gasteiger partial charge in [0.2, 0.25) is 5.91 Å². The van der Waals surface area contributed by atoms with E-state index in [0.29, 0.717) is 32.0 Å². The number of aromatic nitrogens is 1. The Morgan fingerprint density at radius 2 is 1.47 bits per heavy atom. The van der Waals surface area contributed by atoms with Crippen molar-refractivity contribution in [1.29, 1.82) is 0 Å². The van der Waals surface area contributed by atoms with Crippen molar-refractivity contribution in [1.82, 2.24) is 10.3 Å².